The maximum atomic E-state index is 6.14. The lowest BCUT2D eigenvalue weighted by molar-refractivity contribution is 0.161. The van der Waals surface area contributed by atoms with Gasteiger partial charge >= 0.3 is 0 Å². The van der Waals surface area contributed by atoms with Gasteiger partial charge in [0.1, 0.15) is 11.9 Å². The molecule has 0 aromatic heterocycles. The molecule has 1 aromatic rings. The molecule has 0 aliphatic carbocycles. The molecule has 2 nitrogen and oxygen atoms in total. The number of benzene rings is 1. The van der Waals surface area contributed by atoms with E-state index in [1.54, 1.807) is 0 Å². The highest BCUT2D eigenvalue weighted by Crippen LogP contribution is 2.20. The van der Waals surface area contributed by atoms with Crippen LogP contribution in [0.15, 0.2) is 18.2 Å². The van der Waals surface area contributed by atoms with Crippen molar-refractivity contribution in [3.63, 3.8) is 0 Å². The number of nitrogens with two attached hydrogens (primary N) is 1. The molecular weight excluding hydrogens is 210 g/mol. The van der Waals surface area contributed by atoms with Crippen LogP contribution in [0.4, 0.5) is 0 Å². The van der Waals surface area contributed by atoms with Gasteiger partial charge in [-0.25, -0.2) is 0 Å². The van der Waals surface area contributed by atoms with Crippen molar-refractivity contribution in [2.75, 3.05) is 0 Å². The van der Waals surface area contributed by atoms with E-state index >= 15 is 0 Å². The highest BCUT2D eigenvalue weighted by atomic mass is 16.5. The largest absolute Gasteiger partial charge is 0.489 e. The van der Waals surface area contributed by atoms with Gasteiger partial charge in [0, 0.05) is 6.04 Å². The lowest BCUT2D eigenvalue weighted by Crippen LogP contribution is -2.38. The Morgan fingerprint density at radius 2 is 1.71 bits per heavy atom. The molecule has 0 saturated heterocycles. The molecule has 0 fully saturated rings. The van der Waals surface area contributed by atoms with Crippen molar-refractivity contribution in [3.8, 4) is 5.75 Å². The van der Waals surface area contributed by atoms with Gasteiger partial charge in [0.15, 0.2) is 0 Å². The molecule has 17 heavy (non-hydrogen) atoms. The van der Waals surface area contributed by atoms with Crippen LogP contribution in [0.1, 0.15) is 44.2 Å². The Hall–Kier alpha value is -1.02. The monoisotopic (exact) mass is 235 g/mol. The van der Waals surface area contributed by atoms with E-state index in [2.05, 4.69) is 45.9 Å². The van der Waals surface area contributed by atoms with Crippen LogP contribution in [0.25, 0.3) is 0 Å². The maximum Gasteiger partial charge on any atom is 0.120 e. The summed E-state index contributed by atoms with van der Waals surface area (Å²) in [5, 5.41) is 0. The number of hydrogen-bond donors (Lipinski definition) is 1. The Labute approximate surface area is 105 Å². The summed E-state index contributed by atoms with van der Waals surface area (Å²) < 4.78 is 6.01. The van der Waals surface area contributed by atoms with Crippen molar-refractivity contribution < 1.29 is 4.74 Å². The molecule has 0 spiro atoms. The molecular formula is C15H25NO. The fourth-order valence-electron chi connectivity index (χ4n) is 2.17. The predicted octanol–water partition coefficient (Wildman–Crippen LogP) is 3.59. The van der Waals surface area contributed by atoms with Crippen LogP contribution in [-0.4, -0.2) is 12.1 Å². The van der Waals surface area contributed by atoms with Crippen LogP contribution in [-0.2, 0) is 0 Å². The van der Waals surface area contributed by atoms with Gasteiger partial charge in [-0.2, -0.15) is 0 Å². The van der Waals surface area contributed by atoms with Gasteiger partial charge in [0.25, 0.3) is 0 Å². The molecule has 1 rings (SSSR count). The first-order valence-electron chi connectivity index (χ1n) is 6.57. The minimum atomic E-state index is 0.121. The van der Waals surface area contributed by atoms with E-state index in [-0.39, 0.29) is 12.1 Å². The van der Waals surface area contributed by atoms with Crippen molar-refractivity contribution in [1.29, 1.82) is 0 Å². The molecule has 0 radical (unpaired) electrons. The van der Waals surface area contributed by atoms with Crippen LogP contribution < -0.4 is 10.5 Å². The van der Waals surface area contributed by atoms with Crippen LogP contribution in [0.3, 0.4) is 0 Å². The summed E-state index contributed by atoms with van der Waals surface area (Å²) in [6.45, 7) is 8.46. The van der Waals surface area contributed by atoms with Gasteiger partial charge in [0.05, 0.1) is 0 Å². The first kappa shape index (κ1) is 14.0. The fraction of sp³-hybridized carbons (Fsp3) is 0.600. The third-order valence-corrected chi connectivity index (χ3v) is 2.98. The standard InChI is InChI=1S/C15H25NO/c1-5-7-14(16)15(6-2)17-13-9-11(3)8-12(4)10-13/h8-10,14-15H,5-7,16H2,1-4H3. The van der Waals surface area contributed by atoms with Gasteiger partial charge < -0.3 is 10.5 Å². The van der Waals surface area contributed by atoms with Gasteiger partial charge in [-0.1, -0.05) is 26.3 Å². The Bertz CT molecular complexity index is 329. The van der Waals surface area contributed by atoms with Crippen molar-refractivity contribution in [2.24, 2.45) is 5.73 Å². The molecule has 2 heteroatoms. The summed E-state index contributed by atoms with van der Waals surface area (Å²) in [6, 6.07) is 6.44. The summed E-state index contributed by atoms with van der Waals surface area (Å²) in [5.74, 6) is 0.945. The van der Waals surface area contributed by atoms with Crippen LogP contribution in [0.2, 0.25) is 0 Å². The van der Waals surface area contributed by atoms with E-state index in [0.717, 1.165) is 25.0 Å². The Morgan fingerprint density at radius 1 is 1.12 bits per heavy atom. The molecule has 0 bridgehead atoms. The third-order valence-electron chi connectivity index (χ3n) is 2.98. The van der Waals surface area contributed by atoms with E-state index in [1.807, 2.05) is 0 Å². The van der Waals surface area contributed by atoms with Crippen molar-refractivity contribution >= 4 is 0 Å². The first-order chi connectivity index (χ1) is 8.06. The van der Waals surface area contributed by atoms with Gasteiger partial charge in [0.2, 0.25) is 0 Å². The van der Waals surface area contributed by atoms with E-state index in [9.17, 15) is 0 Å². The second-order valence-electron chi connectivity index (χ2n) is 4.84. The minimum Gasteiger partial charge on any atom is -0.489 e. The summed E-state index contributed by atoms with van der Waals surface area (Å²) in [6.07, 6.45) is 3.20. The summed E-state index contributed by atoms with van der Waals surface area (Å²) in [4.78, 5) is 0. The zero-order valence-corrected chi connectivity index (χ0v) is 11.5. The molecule has 0 aliphatic rings. The molecule has 2 atom stereocenters. The topological polar surface area (TPSA) is 35.2 Å². The summed E-state index contributed by atoms with van der Waals surface area (Å²) in [7, 11) is 0. The van der Waals surface area contributed by atoms with Crippen LogP contribution in [0.5, 0.6) is 5.75 Å². The Morgan fingerprint density at radius 3 is 2.18 bits per heavy atom. The highest BCUT2D eigenvalue weighted by molar-refractivity contribution is 5.33. The quantitative estimate of drug-likeness (QED) is 0.818. The minimum absolute atomic E-state index is 0.121. The first-order valence-corrected chi connectivity index (χ1v) is 6.57. The smallest absolute Gasteiger partial charge is 0.120 e. The lowest BCUT2D eigenvalue weighted by Gasteiger charge is -2.24. The Kier molecular flexibility index (Phi) is 5.49. The van der Waals surface area contributed by atoms with Gasteiger partial charge in [-0.3, -0.25) is 0 Å². The van der Waals surface area contributed by atoms with E-state index in [4.69, 9.17) is 10.5 Å². The van der Waals surface area contributed by atoms with E-state index < -0.39 is 0 Å². The SMILES string of the molecule is CCCC(N)C(CC)Oc1cc(C)cc(C)c1. The fourth-order valence-corrected chi connectivity index (χ4v) is 2.17. The molecule has 0 heterocycles. The molecule has 0 aliphatic heterocycles. The highest BCUT2D eigenvalue weighted by Gasteiger charge is 2.17. The second kappa shape index (κ2) is 6.65. The number of aryl methyl sites for hydroxylation is 2. The van der Waals surface area contributed by atoms with Crippen molar-refractivity contribution in [3.05, 3.63) is 29.3 Å². The predicted molar refractivity (Wildman–Crippen MR) is 73.5 cm³/mol. The van der Waals surface area contributed by atoms with Crippen LogP contribution >= 0.6 is 0 Å². The van der Waals surface area contributed by atoms with E-state index in [0.29, 0.717) is 0 Å². The molecule has 0 amide bonds. The summed E-state index contributed by atoms with van der Waals surface area (Å²) in [5.41, 5.74) is 8.61. The molecule has 2 unspecified atom stereocenters. The van der Waals surface area contributed by atoms with E-state index in [1.165, 1.54) is 11.1 Å². The zero-order chi connectivity index (χ0) is 12.8. The van der Waals surface area contributed by atoms with Crippen LogP contribution in [0, 0.1) is 13.8 Å². The lowest BCUT2D eigenvalue weighted by atomic mass is 10.0. The third kappa shape index (κ3) is 4.39. The number of rotatable bonds is 6. The summed E-state index contributed by atoms with van der Waals surface area (Å²) >= 11 is 0. The maximum absolute atomic E-state index is 6.14. The average molecular weight is 235 g/mol. The molecule has 2 N–H and O–H groups in total. The van der Waals surface area contributed by atoms with Crippen molar-refractivity contribution in [1.82, 2.24) is 0 Å². The average Bonchev–Trinajstić information content (AvgIpc) is 2.24. The number of ether oxygens (including phenoxy) is 1. The van der Waals surface area contributed by atoms with Gasteiger partial charge in [-0.15, -0.1) is 0 Å². The van der Waals surface area contributed by atoms with Crippen molar-refractivity contribution in [2.45, 2.75) is 59.1 Å². The zero-order valence-electron chi connectivity index (χ0n) is 11.5. The molecule has 96 valence electrons. The molecule has 1 aromatic carbocycles. The number of hydrogen-bond acceptors (Lipinski definition) is 2. The Balaban J connectivity index is 2.73. The second-order valence-corrected chi connectivity index (χ2v) is 4.84. The van der Waals surface area contributed by atoms with Gasteiger partial charge in [-0.05, 0) is 49.9 Å². The normalized spacial score (nSPS) is 14.4. The molecule has 0 saturated carbocycles.